The average molecular weight is 244 g/mol. The van der Waals surface area contributed by atoms with Gasteiger partial charge < -0.3 is 4.74 Å². The van der Waals surface area contributed by atoms with E-state index in [9.17, 15) is 9.59 Å². The van der Waals surface area contributed by atoms with Crippen LogP contribution >= 0.6 is 0 Å². The third kappa shape index (κ3) is 3.12. The minimum atomic E-state index is -0.620. The molecule has 0 saturated heterocycles. The maximum absolute atomic E-state index is 11.8. The monoisotopic (exact) mass is 244 g/mol. The second kappa shape index (κ2) is 6.78. The van der Waals surface area contributed by atoms with Crippen molar-refractivity contribution in [3.05, 3.63) is 29.8 Å². The smallest absolute Gasteiger partial charge is 0.180 e. The van der Waals surface area contributed by atoms with Crippen LogP contribution in [0.2, 0.25) is 0 Å². The van der Waals surface area contributed by atoms with Crippen molar-refractivity contribution in [3.8, 4) is 5.75 Å². The van der Waals surface area contributed by atoms with Crippen LogP contribution in [-0.4, -0.2) is 26.6 Å². The lowest BCUT2D eigenvalue weighted by Gasteiger charge is -2.21. The first-order valence-corrected chi connectivity index (χ1v) is 4.46. The number of hydrogen-bond acceptors (Lipinski definition) is 3. The summed E-state index contributed by atoms with van der Waals surface area (Å²) in [7, 11) is 0. The van der Waals surface area contributed by atoms with Gasteiger partial charge in [-0.1, -0.05) is 12.1 Å². The normalized spacial score (nSPS) is 16.3. The Hall–Kier alpha value is -1.72. The number of ether oxygens (including phenoxy) is 1. The molecule has 0 N–H and O–H groups in total. The lowest BCUT2D eigenvalue weighted by atomic mass is 9.92. The van der Waals surface area contributed by atoms with Crippen molar-refractivity contribution in [1.29, 1.82) is 0 Å². The Morgan fingerprint density at radius 1 is 1.29 bits per heavy atom. The van der Waals surface area contributed by atoms with E-state index in [0.29, 0.717) is 11.3 Å². The van der Waals surface area contributed by atoms with Crippen molar-refractivity contribution in [2.75, 3.05) is 6.61 Å². The number of halogens is 2. The molecule has 2 rings (SSSR count). The van der Waals surface area contributed by atoms with E-state index < -0.39 is 5.92 Å². The molecule has 1 aromatic carbocycles. The van der Waals surface area contributed by atoms with Gasteiger partial charge >= 0.3 is 0 Å². The standard InChI is InChI=1S/C11H10O3.BH3.2FH/c1-7(12)9-6-14-10-5-3-2-4-8(10)11(9)13;;;/h2-5,9H,6H2,1H3;1H3;2*1H. The van der Waals surface area contributed by atoms with Gasteiger partial charge in [0, 0.05) is 0 Å². The molecule has 17 heavy (non-hydrogen) atoms. The van der Waals surface area contributed by atoms with E-state index in [1.165, 1.54) is 6.92 Å². The Morgan fingerprint density at radius 3 is 2.47 bits per heavy atom. The zero-order valence-electron chi connectivity index (χ0n) is 8.64. The molecule has 0 bridgehead atoms. The zero-order valence-corrected chi connectivity index (χ0v) is 8.64. The molecule has 6 heteroatoms. The second-order valence-corrected chi connectivity index (χ2v) is 3.33. The number of rotatable bonds is 1. The highest BCUT2D eigenvalue weighted by Gasteiger charge is 2.31. The van der Waals surface area contributed by atoms with Gasteiger partial charge in [0.1, 0.15) is 24.1 Å². The van der Waals surface area contributed by atoms with Crippen molar-refractivity contribution in [2.24, 2.45) is 5.92 Å². The number of ketones is 2. The fourth-order valence-electron chi connectivity index (χ4n) is 1.53. The third-order valence-corrected chi connectivity index (χ3v) is 2.37. The van der Waals surface area contributed by atoms with E-state index in [0.717, 1.165) is 0 Å². The molecule has 0 radical (unpaired) electrons. The summed E-state index contributed by atoms with van der Waals surface area (Å²) in [4.78, 5) is 22.9. The molecular formula is C11H15BF2O3. The van der Waals surface area contributed by atoms with Crippen LogP contribution in [0.25, 0.3) is 0 Å². The first-order valence-electron chi connectivity index (χ1n) is 4.46. The SMILES string of the molecule is B.CC(=O)C1COc2ccccc2C1=O.F.F. The van der Waals surface area contributed by atoms with Crippen molar-refractivity contribution in [1.82, 2.24) is 0 Å². The molecule has 94 valence electrons. The molecule has 1 aliphatic rings. The van der Waals surface area contributed by atoms with Crippen LogP contribution < -0.4 is 4.74 Å². The Morgan fingerprint density at radius 2 is 1.88 bits per heavy atom. The molecule has 1 aliphatic heterocycles. The maximum Gasteiger partial charge on any atom is 0.180 e. The minimum absolute atomic E-state index is 0. The maximum atomic E-state index is 11.8. The molecule has 1 heterocycles. The first kappa shape index (κ1) is 17.7. The number of benzene rings is 1. The first-order chi connectivity index (χ1) is 6.70. The van der Waals surface area contributed by atoms with Gasteiger partial charge in [-0.15, -0.1) is 0 Å². The van der Waals surface area contributed by atoms with Gasteiger partial charge in [-0.05, 0) is 19.1 Å². The zero-order chi connectivity index (χ0) is 10.1. The number of fused-ring (bicyclic) bond motifs is 1. The van der Waals surface area contributed by atoms with Crippen molar-refractivity contribution >= 4 is 20.0 Å². The summed E-state index contributed by atoms with van der Waals surface area (Å²) in [6.45, 7) is 1.59. The van der Waals surface area contributed by atoms with Crippen LogP contribution in [0.15, 0.2) is 24.3 Å². The van der Waals surface area contributed by atoms with Crippen LogP contribution in [0.3, 0.4) is 0 Å². The Bertz CT molecular complexity index is 409. The number of carbonyl (C=O) groups excluding carboxylic acids is 2. The fourth-order valence-corrected chi connectivity index (χ4v) is 1.53. The number of hydrogen-bond donors (Lipinski definition) is 0. The number of carbonyl (C=O) groups is 2. The molecule has 0 fully saturated rings. The van der Waals surface area contributed by atoms with E-state index in [2.05, 4.69) is 0 Å². The van der Waals surface area contributed by atoms with Crippen LogP contribution in [0.1, 0.15) is 17.3 Å². The highest BCUT2D eigenvalue weighted by molar-refractivity contribution is 6.12. The quantitative estimate of drug-likeness (QED) is 0.536. The highest BCUT2D eigenvalue weighted by atomic mass is 19.0. The highest BCUT2D eigenvalue weighted by Crippen LogP contribution is 2.26. The summed E-state index contributed by atoms with van der Waals surface area (Å²) < 4.78 is 5.33. The molecule has 1 aromatic rings. The van der Waals surface area contributed by atoms with E-state index in [4.69, 9.17) is 4.74 Å². The van der Waals surface area contributed by atoms with Gasteiger partial charge in [-0.25, -0.2) is 0 Å². The lowest BCUT2D eigenvalue weighted by Crippen LogP contribution is -2.32. The van der Waals surface area contributed by atoms with E-state index in [1.807, 2.05) is 0 Å². The Kier molecular flexibility index (Phi) is 7.05. The molecule has 0 aliphatic carbocycles. The summed E-state index contributed by atoms with van der Waals surface area (Å²) in [5, 5.41) is 0. The molecule has 0 aromatic heterocycles. The van der Waals surface area contributed by atoms with Crippen LogP contribution in [0, 0.1) is 5.92 Å². The topological polar surface area (TPSA) is 43.4 Å². The molecule has 1 atom stereocenters. The Labute approximate surface area is 99.5 Å². The van der Waals surface area contributed by atoms with E-state index in [1.54, 1.807) is 24.3 Å². The molecule has 0 amide bonds. The summed E-state index contributed by atoms with van der Waals surface area (Å²) in [5.74, 6) is -0.302. The molecule has 0 spiro atoms. The van der Waals surface area contributed by atoms with Crippen LogP contribution in [-0.2, 0) is 4.79 Å². The summed E-state index contributed by atoms with van der Waals surface area (Å²) in [6.07, 6.45) is 0. The van der Waals surface area contributed by atoms with Crippen molar-refractivity contribution < 1.29 is 23.7 Å². The predicted octanol–water partition coefficient (Wildman–Crippen LogP) is 0.588. The van der Waals surface area contributed by atoms with Gasteiger partial charge in [0.15, 0.2) is 5.78 Å². The summed E-state index contributed by atoms with van der Waals surface area (Å²) in [5.41, 5.74) is 0.513. The van der Waals surface area contributed by atoms with Crippen molar-refractivity contribution in [3.63, 3.8) is 0 Å². The average Bonchev–Trinajstić information content (AvgIpc) is 2.18. The van der Waals surface area contributed by atoms with Gasteiger partial charge in [0.2, 0.25) is 0 Å². The second-order valence-electron chi connectivity index (χ2n) is 3.33. The van der Waals surface area contributed by atoms with Gasteiger partial charge in [0.25, 0.3) is 0 Å². The van der Waals surface area contributed by atoms with Gasteiger partial charge in [-0.3, -0.25) is 19.0 Å². The molecule has 3 nitrogen and oxygen atoms in total. The van der Waals surface area contributed by atoms with E-state index in [-0.39, 0.29) is 36.0 Å². The Balaban J connectivity index is 0. The summed E-state index contributed by atoms with van der Waals surface area (Å²) >= 11 is 0. The van der Waals surface area contributed by atoms with E-state index >= 15 is 0 Å². The van der Waals surface area contributed by atoms with Crippen LogP contribution in [0.5, 0.6) is 5.75 Å². The largest absolute Gasteiger partial charge is 0.492 e. The van der Waals surface area contributed by atoms with Gasteiger partial charge in [0.05, 0.1) is 14.0 Å². The number of para-hydroxylation sites is 1. The summed E-state index contributed by atoms with van der Waals surface area (Å²) in [6, 6.07) is 7.00. The van der Waals surface area contributed by atoms with Crippen LogP contribution in [0.4, 0.5) is 9.41 Å². The van der Waals surface area contributed by atoms with Crippen molar-refractivity contribution in [2.45, 2.75) is 6.92 Å². The predicted molar refractivity (Wildman–Crippen MR) is 65.4 cm³/mol. The minimum Gasteiger partial charge on any atom is -0.492 e. The molecular weight excluding hydrogens is 229 g/mol. The fraction of sp³-hybridized carbons (Fsp3) is 0.273. The van der Waals surface area contributed by atoms with Gasteiger partial charge in [-0.2, -0.15) is 0 Å². The molecule has 1 unspecified atom stereocenters. The lowest BCUT2D eigenvalue weighted by molar-refractivity contribution is -0.120. The number of Topliss-reactive ketones (excluding diaryl/α,β-unsaturated/α-hetero) is 2. The molecule has 0 saturated carbocycles. The third-order valence-electron chi connectivity index (χ3n) is 2.37.